The molecule has 1 aromatic heterocycles. The Bertz CT molecular complexity index is 613. The van der Waals surface area contributed by atoms with Gasteiger partial charge in [-0.05, 0) is 41.3 Å². The van der Waals surface area contributed by atoms with Gasteiger partial charge in [-0.3, -0.25) is 0 Å². The van der Waals surface area contributed by atoms with Crippen LogP contribution in [0.4, 0.5) is 5.69 Å². The Labute approximate surface area is 110 Å². The molecule has 0 aliphatic carbocycles. The number of hydrogen-bond acceptors (Lipinski definition) is 4. The highest BCUT2D eigenvalue weighted by molar-refractivity contribution is 7.12. The van der Waals surface area contributed by atoms with E-state index in [1.165, 1.54) is 16.7 Å². The number of amidine groups is 1. The van der Waals surface area contributed by atoms with Gasteiger partial charge in [0.15, 0.2) is 0 Å². The first kappa shape index (κ1) is 11.4. The largest absolute Gasteiger partial charge is 0.382 e. The first-order chi connectivity index (χ1) is 8.78. The van der Waals surface area contributed by atoms with Gasteiger partial charge in [0, 0.05) is 13.0 Å². The van der Waals surface area contributed by atoms with Crippen LogP contribution in [0.25, 0.3) is 0 Å². The lowest BCUT2D eigenvalue weighted by atomic mass is 10.0. The molecule has 1 aliphatic rings. The maximum Gasteiger partial charge on any atom is 0.141 e. The zero-order chi connectivity index (χ0) is 12.5. The summed E-state index contributed by atoms with van der Waals surface area (Å²) < 4.78 is 0. The number of benzene rings is 1. The number of nitrogens with two attached hydrogens (primary N) is 1. The van der Waals surface area contributed by atoms with Gasteiger partial charge in [-0.1, -0.05) is 12.1 Å². The predicted octanol–water partition coefficient (Wildman–Crippen LogP) is 2.41. The second kappa shape index (κ2) is 4.55. The van der Waals surface area contributed by atoms with E-state index in [4.69, 9.17) is 5.73 Å². The summed E-state index contributed by atoms with van der Waals surface area (Å²) in [7, 11) is 1.95. The van der Waals surface area contributed by atoms with Gasteiger partial charge in [-0.2, -0.15) is 0 Å². The third kappa shape index (κ3) is 1.94. The number of aliphatic imine (C=N–C) groups is 1. The summed E-state index contributed by atoms with van der Waals surface area (Å²) in [6.45, 7) is 0.852. The quantitative estimate of drug-likeness (QED) is 0.868. The van der Waals surface area contributed by atoms with Gasteiger partial charge in [0.25, 0.3) is 0 Å². The molecule has 3 rings (SSSR count). The van der Waals surface area contributed by atoms with Crippen LogP contribution in [-0.4, -0.2) is 12.9 Å². The Morgan fingerprint density at radius 1 is 1.33 bits per heavy atom. The minimum Gasteiger partial charge on any atom is -0.382 e. The summed E-state index contributed by atoms with van der Waals surface area (Å²) in [5.41, 5.74) is 10.8. The Balaban J connectivity index is 2.09. The summed E-state index contributed by atoms with van der Waals surface area (Å²) in [5.74, 6) is 0.639. The Kier molecular flexibility index (Phi) is 2.89. The predicted molar refractivity (Wildman–Crippen MR) is 76.7 cm³/mol. The zero-order valence-electron chi connectivity index (χ0n) is 10.2. The number of nitrogens with zero attached hydrogens (tertiary/aromatic N) is 1. The molecular formula is C14H15N3S. The van der Waals surface area contributed by atoms with E-state index in [9.17, 15) is 0 Å². The fourth-order valence-corrected chi connectivity index (χ4v) is 3.09. The lowest BCUT2D eigenvalue weighted by Crippen LogP contribution is -2.11. The van der Waals surface area contributed by atoms with E-state index in [1.807, 2.05) is 7.05 Å². The highest BCUT2D eigenvalue weighted by Gasteiger charge is 2.15. The molecule has 0 unspecified atom stereocenters. The molecule has 0 saturated heterocycles. The highest BCUT2D eigenvalue weighted by Crippen LogP contribution is 2.31. The molecule has 0 bridgehead atoms. The van der Waals surface area contributed by atoms with Crippen molar-refractivity contribution in [1.29, 1.82) is 0 Å². The van der Waals surface area contributed by atoms with E-state index in [0.29, 0.717) is 5.84 Å². The Morgan fingerprint density at radius 2 is 2.22 bits per heavy atom. The molecule has 3 nitrogen and oxygen atoms in total. The summed E-state index contributed by atoms with van der Waals surface area (Å²) in [5, 5.41) is 5.23. The topological polar surface area (TPSA) is 50.4 Å². The molecule has 4 heteroatoms. The van der Waals surface area contributed by atoms with Crippen LogP contribution in [0.1, 0.15) is 21.6 Å². The van der Waals surface area contributed by atoms with Crippen molar-refractivity contribution in [1.82, 2.24) is 5.32 Å². The molecule has 2 aromatic rings. The molecule has 0 saturated carbocycles. The Morgan fingerprint density at radius 3 is 3.06 bits per heavy atom. The van der Waals surface area contributed by atoms with Crippen LogP contribution in [0.2, 0.25) is 0 Å². The number of hydrogen-bond donors (Lipinski definition) is 2. The van der Waals surface area contributed by atoms with Gasteiger partial charge >= 0.3 is 0 Å². The molecule has 0 spiro atoms. The van der Waals surface area contributed by atoms with Crippen molar-refractivity contribution in [3.05, 3.63) is 51.2 Å². The van der Waals surface area contributed by atoms with Crippen molar-refractivity contribution < 1.29 is 0 Å². The van der Waals surface area contributed by atoms with Gasteiger partial charge in [-0.25, -0.2) is 4.99 Å². The molecular weight excluding hydrogens is 242 g/mol. The van der Waals surface area contributed by atoms with Crippen LogP contribution < -0.4 is 11.1 Å². The van der Waals surface area contributed by atoms with E-state index in [0.717, 1.165) is 23.5 Å². The normalized spacial score (nSPS) is 13.5. The van der Waals surface area contributed by atoms with Crippen molar-refractivity contribution >= 4 is 22.9 Å². The molecule has 2 heterocycles. The average Bonchev–Trinajstić information content (AvgIpc) is 2.76. The van der Waals surface area contributed by atoms with Gasteiger partial charge in [-0.15, -0.1) is 11.3 Å². The molecule has 0 fully saturated rings. The lowest BCUT2D eigenvalue weighted by molar-refractivity contribution is 0.817. The Hall–Kier alpha value is -1.65. The highest BCUT2D eigenvalue weighted by atomic mass is 32.1. The van der Waals surface area contributed by atoms with Crippen molar-refractivity contribution in [3.8, 4) is 0 Å². The zero-order valence-corrected chi connectivity index (χ0v) is 11.1. The molecule has 18 heavy (non-hydrogen) atoms. The lowest BCUT2D eigenvalue weighted by Gasteiger charge is -2.06. The monoisotopic (exact) mass is 257 g/mol. The first-order valence-corrected chi connectivity index (χ1v) is 6.83. The number of fused-ring (bicyclic) bond motifs is 2. The van der Waals surface area contributed by atoms with Crippen LogP contribution >= 0.6 is 11.3 Å². The van der Waals surface area contributed by atoms with Gasteiger partial charge in [0.05, 0.1) is 10.6 Å². The minimum atomic E-state index is 0.639. The molecule has 1 aromatic carbocycles. The maximum absolute atomic E-state index is 6.07. The van der Waals surface area contributed by atoms with E-state index in [-0.39, 0.29) is 0 Å². The summed E-state index contributed by atoms with van der Waals surface area (Å²) in [4.78, 5) is 5.69. The molecule has 92 valence electrons. The first-order valence-electron chi connectivity index (χ1n) is 5.95. The van der Waals surface area contributed by atoms with Gasteiger partial charge in [0.1, 0.15) is 5.84 Å². The van der Waals surface area contributed by atoms with Crippen molar-refractivity contribution in [2.24, 2.45) is 10.7 Å². The minimum absolute atomic E-state index is 0.639. The molecule has 3 N–H and O–H groups in total. The fourth-order valence-electron chi connectivity index (χ4n) is 2.26. The SMILES string of the molecule is CNCc1ccc2c(c1)N=C(N)c1sccc1C2. The van der Waals surface area contributed by atoms with Crippen LogP contribution in [-0.2, 0) is 13.0 Å². The number of nitrogens with one attached hydrogen (secondary N) is 1. The second-order valence-corrected chi connectivity index (χ2v) is 5.36. The maximum atomic E-state index is 6.07. The average molecular weight is 257 g/mol. The summed E-state index contributed by atoms with van der Waals surface area (Å²) in [6, 6.07) is 8.57. The van der Waals surface area contributed by atoms with E-state index >= 15 is 0 Å². The smallest absolute Gasteiger partial charge is 0.141 e. The van der Waals surface area contributed by atoms with Gasteiger partial charge < -0.3 is 11.1 Å². The van der Waals surface area contributed by atoms with Crippen LogP contribution in [0, 0.1) is 0 Å². The second-order valence-electron chi connectivity index (χ2n) is 4.44. The van der Waals surface area contributed by atoms with Crippen LogP contribution in [0.5, 0.6) is 0 Å². The van der Waals surface area contributed by atoms with Crippen molar-refractivity contribution in [3.63, 3.8) is 0 Å². The standard InChI is InChI=1S/C14H15N3S/c1-16-8-9-2-3-10-7-11-4-5-18-13(11)14(15)17-12(10)6-9/h2-6,16H,7-8H2,1H3,(H2,15,17). The molecule has 0 radical (unpaired) electrons. The van der Waals surface area contributed by atoms with E-state index in [1.54, 1.807) is 11.3 Å². The third-order valence-corrected chi connectivity index (χ3v) is 4.11. The number of thiophene rings is 1. The summed E-state index contributed by atoms with van der Waals surface area (Å²) >= 11 is 1.66. The van der Waals surface area contributed by atoms with Gasteiger partial charge in [0.2, 0.25) is 0 Å². The van der Waals surface area contributed by atoms with E-state index in [2.05, 4.69) is 40.0 Å². The fraction of sp³-hybridized carbons (Fsp3) is 0.214. The van der Waals surface area contributed by atoms with E-state index < -0.39 is 0 Å². The third-order valence-electron chi connectivity index (χ3n) is 3.13. The molecule has 0 atom stereocenters. The van der Waals surface area contributed by atoms with Crippen molar-refractivity contribution in [2.75, 3.05) is 7.05 Å². The van der Waals surface area contributed by atoms with Crippen LogP contribution in [0.3, 0.4) is 0 Å². The number of rotatable bonds is 2. The molecule has 1 aliphatic heterocycles. The molecule has 0 amide bonds. The summed E-state index contributed by atoms with van der Waals surface area (Å²) in [6.07, 6.45) is 0.915. The van der Waals surface area contributed by atoms with Crippen LogP contribution in [0.15, 0.2) is 34.6 Å². The van der Waals surface area contributed by atoms with Crippen molar-refractivity contribution in [2.45, 2.75) is 13.0 Å².